The number of hydrogen-bond donors (Lipinski definition) is 1. The first-order chi connectivity index (χ1) is 13.8. The number of nitrogens with one attached hydrogen (secondary N) is 1. The Morgan fingerprint density at radius 2 is 1.86 bits per heavy atom. The van der Waals surface area contributed by atoms with Crippen LogP contribution in [-0.4, -0.2) is 20.3 Å². The summed E-state index contributed by atoms with van der Waals surface area (Å²) < 4.78 is 2.00. The highest BCUT2D eigenvalue weighted by atomic mass is 35.5. The average molecular weight is 413 g/mol. The highest BCUT2D eigenvalue weighted by Crippen LogP contribution is 2.18. The zero-order valence-electron chi connectivity index (χ0n) is 16.3. The van der Waals surface area contributed by atoms with E-state index in [-0.39, 0.29) is 18.3 Å². The molecule has 3 rings (SSSR count). The Hall–Kier alpha value is -3.19. The normalized spacial score (nSPS) is 11.9. The summed E-state index contributed by atoms with van der Waals surface area (Å²) in [6.07, 6.45) is 0. The maximum Gasteiger partial charge on any atom is 0.352 e. The molecule has 7 nitrogen and oxygen atoms in total. The number of hydrogen-bond acceptors (Lipinski definition) is 4. The van der Waals surface area contributed by atoms with Crippen molar-refractivity contribution in [1.82, 2.24) is 19.7 Å². The second-order valence-corrected chi connectivity index (χ2v) is 7.04. The van der Waals surface area contributed by atoms with Gasteiger partial charge in [-0.05, 0) is 44.0 Å². The van der Waals surface area contributed by atoms with Gasteiger partial charge in [-0.15, -0.1) is 0 Å². The van der Waals surface area contributed by atoms with E-state index >= 15 is 0 Å². The lowest BCUT2D eigenvalue weighted by molar-refractivity contribution is 0.0930. The Morgan fingerprint density at radius 1 is 1.17 bits per heavy atom. The van der Waals surface area contributed by atoms with Gasteiger partial charge in [0.05, 0.1) is 11.7 Å². The fraction of sp³-hybridized carbons (Fsp3) is 0.238. The highest BCUT2D eigenvalue weighted by molar-refractivity contribution is 6.31. The van der Waals surface area contributed by atoms with Gasteiger partial charge in [0.2, 0.25) is 5.69 Å². The Morgan fingerprint density at radius 3 is 2.48 bits per heavy atom. The van der Waals surface area contributed by atoms with Crippen LogP contribution in [-0.2, 0) is 6.54 Å². The van der Waals surface area contributed by atoms with Crippen molar-refractivity contribution < 1.29 is 4.79 Å². The Bertz CT molecular complexity index is 1170. The molecule has 0 radical (unpaired) electrons. The maximum atomic E-state index is 12.8. The second kappa shape index (κ2) is 8.45. The van der Waals surface area contributed by atoms with Gasteiger partial charge in [-0.3, -0.25) is 14.2 Å². The van der Waals surface area contributed by atoms with Gasteiger partial charge in [-0.1, -0.05) is 48.0 Å². The molecule has 1 aromatic heterocycles. The van der Waals surface area contributed by atoms with Crippen molar-refractivity contribution in [3.8, 4) is 5.69 Å². The monoisotopic (exact) mass is 412 g/mol. The van der Waals surface area contributed by atoms with Crippen molar-refractivity contribution >= 4 is 17.5 Å². The minimum absolute atomic E-state index is 0.105. The van der Waals surface area contributed by atoms with Gasteiger partial charge in [-0.25, -0.2) is 4.79 Å². The average Bonchev–Trinajstić information content (AvgIpc) is 2.71. The summed E-state index contributed by atoms with van der Waals surface area (Å²) in [7, 11) is 0. The van der Waals surface area contributed by atoms with Crippen LogP contribution in [0.15, 0.2) is 58.1 Å². The van der Waals surface area contributed by atoms with E-state index in [1.807, 2.05) is 37.3 Å². The SMILES string of the molecule is CCn1c(=O)c(C(=O)NC(C)c2ccccc2)nn(-c2ccc(C)c(Cl)c2)c1=O. The fourth-order valence-corrected chi connectivity index (χ4v) is 3.08. The maximum absolute atomic E-state index is 12.8. The number of rotatable bonds is 5. The van der Waals surface area contributed by atoms with Crippen LogP contribution in [0.3, 0.4) is 0 Å². The van der Waals surface area contributed by atoms with Gasteiger partial charge in [-0.2, -0.15) is 9.78 Å². The second-order valence-electron chi connectivity index (χ2n) is 6.63. The number of carbonyl (C=O) groups is 1. The molecule has 0 spiro atoms. The van der Waals surface area contributed by atoms with Crippen molar-refractivity contribution in [3.63, 3.8) is 0 Å². The number of benzene rings is 2. The van der Waals surface area contributed by atoms with Crippen molar-refractivity contribution in [1.29, 1.82) is 0 Å². The van der Waals surface area contributed by atoms with E-state index in [1.165, 1.54) is 0 Å². The van der Waals surface area contributed by atoms with Gasteiger partial charge in [0.1, 0.15) is 0 Å². The molecule has 1 unspecified atom stereocenters. The zero-order chi connectivity index (χ0) is 21.1. The standard InChI is InChI=1S/C21H21ClN4O3/c1-4-25-20(28)18(19(27)23-14(3)15-8-6-5-7-9-15)24-26(21(25)29)16-11-10-13(2)17(22)12-16/h5-12,14H,4H2,1-3H3,(H,23,27). The molecule has 0 fully saturated rings. The molecule has 0 bridgehead atoms. The molecule has 0 saturated heterocycles. The van der Waals surface area contributed by atoms with Gasteiger partial charge < -0.3 is 5.32 Å². The molecule has 3 aromatic rings. The Labute approximate surface area is 172 Å². The van der Waals surface area contributed by atoms with Crippen molar-refractivity contribution in [3.05, 3.63) is 91.2 Å². The molecule has 0 aliphatic rings. The molecule has 1 N–H and O–H groups in total. The number of nitrogens with zero attached hydrogens (tertiary/aromatic N) is 3. The predicted octanol–water partition coefficient (Wildman–Crippen LogP) is 2.87. The van der Waals surface area contributed by atoms with E-state index in [0.717, 1.165) is 20.4 Å². The molecule has 1 heterocycles. The van der Waals surface area contributed by atoms with Gasteiger partial charge >= 0.3 is 5.69 Å². The van der Waals surface area contributed by atoms with Crippen LogP contribution < -0.4 is 16.6 Å². The van der Waals surface area contributed by atoms with Crippen LogP contribution in [0.4, 0.5) is 0 Å². The summed E-state index contributed by atoms with van der Waals surface area (Å²) in [5.41, 5.74) is 0.371. The summed E-state index contributed by atoms with van der Waals surface area (Å²) >= 11 is 6.17. The molecule has 150 valence electrons. The topological polar surface area (TPSA) is 86.0 Å². The molecular weight excluding hydrogens is 392 g/mol. The third kappa shape index (κ3) is 4.14. The van der Waals surface area contributed by atoms with Crippen LogP contribution in [0.1, 0.15) is 41.5 Å². The van der Waals surface area contributed by atoms with Crippen molar-refractivity contribution in [2.24, 2.45) is 0 Å². The van der Waals surface area contributed by atoms with E-state index in [0.29, 0.717) is 10.7 Å². The molecule has 0 aliphatic heterocycles. The van der Waals surface area contributed by atoms with Crippen LogP contribution in [0.5, 0.6) is 0 Å². The Kier molecular flexibility index (Phi) is 5.98. The molecule has 29 heavy (non-hydrogen) atoms. The summed E-state index contributed by atoms with van der Waals surface area (Å²) in [6.45, 7) is 5.40. The van der Waals surface area contributed by atoms with Crippen LogP contribution >= 0.6 is 11.6 Å². The van der Waals surface area contributed by atoms with Crippen molar-refractivity contribution in [2.45, 2.75) is 33.4 Å². The van der Waals surface area contributed by atoms with Crippen LogP contribution in [0.25, 0.3) is 5.69 Å². The highest BCUT2D eigenvalue weighted by Gasteiger charge is 2.21. The first-order valence-corrected chi connectivity index (χ1v) is 9.57. The fourth-order valence-electron chi connectivity index (χ4n) is 2.91. The van der Waals surface area contributed by atoms with E-state index in [1.54, 1.807) is 32.0 Å². The molecular formula is C21H21ClN4O3. The molecule has 8 heteroatoms. The number of halogens is 1. The lowest BCUT2D eigenvalue weighted by Crippen LogP contribution is -2.45. The van der Waals surface area contributed by atoms with E-state index in [9.17, 15) is 14.4 Å². The molecule has 1 atom stereocenters. The lowest BCUT2D eigenvalue weighted by atomic mass is 10.1. The smallest absolute Gasteiger partial charge is 0.344 e. The number of aromatic nitrogens is 3. The third-order valence-electron chi connectivity index (χ3n) is 4.64. The molecule has 0 saturated carbocycles. The van der Waals surface area contributed by atoms with Gasteiger partial charge in [0.25, 0.3) is 11.5 Å². The molecule has 0 aliphatic carbocycles. The minimum atomic E-state index is -0.732. The largest absolute Gasteiger partial charge is 0.352 e. The van der Waals surface area contributed by atoms with Crippen LogP contribution in [0, 0.1) is 6.92 Å². The summed E-state index contributed by atoms with van der Waals surface area (Å²) in [4.78, 5) is 38.2. The first kappa shape index (κ1) is 20.5. The summed E-state index contributed by atoms with van der Waals surface area (Å²) in [5.74, 6) is -0.652. The number of aryl methyl sites for hydroxylation is 1. The zero-order valence-corrected chi connectivity index (χ0v) is 17.1. The van der Waals surface area contributed by atoms with Crippen LogP contribution in [0.2, 0.25) is 5.02 Å². The quantitative estimate of drug-likeness (QED) is 0.698. The van der Waals surface area contributed by atoms with Crippen molar-refractivity contribution in [2.75, 3.05) is 0 Å². The predicted molar refractivity (Wildman–Crippen MR) is 112 cm³/mol. The van der Waals surface area contributed by atoms with E-state index in [2.05, 4.69) is 10.4 Å². The summed E-state index contributed by atoms with van der Waals surface area (Å²) in [6, 6.07) is 14.0. The number of carbonyl (C=O) groups excluding carboxylic acids is 1. The first-order valence-electron chi connectivity index (χ1n) is 9.20. The number of amides is 1. The lowest BCUT2D eigenvalue weighted by Gasteiger charge is -2.15. The minimum Gasteiger partial charge on any atom is -0.344 e. The van der Waals surface area contributed by atoms with E-state index < -0.39 is 17.2 Å². The van der Waals surface area contributed by atoms with E-state index in [4.69, 9.17) is 11.6 Å². The molecule has 1 amide bonds. The van der Waals surface area contributed by atoms with Gasteiger partial charge in [0, 0.05) is 11.6 Å². The third-order valence-corrected chi connectivity index (χ3v) is 5.05. The van der Waals surface area contributed by atoms with Gasteiger partial charge in [0.15, 0.2) is 0 Å². The summed E-state index contributed by atoms with van der Waals surface area (Å²) in [5, 5.41) is 7.29. The Balaban J connectivity index is 2.06. The molecule has 2 aromatic carbocycles.